The van der Waals surface area contributed by atoms with E-state index in [1.165, 1.54) is 51.5 Å². The predicted octanol–water partition coefficient (Wildman–Crippen LogP) is 4.37. The van der Waals surface area contributed by atoms with Crippen LogP contribution in [0.15, 0.2) is 0 Å². The summed E-state index contributed by atoms with van der Waals surface area (Å²) in [5.41, 5.74) is 0. The van der Waals surface area contributed by atoms with Crippen molar-refractivity contribution in [3.63, 3.8) is 0 Å². The summed E-state index contributed by atoms with van der Waals surface area (Å²) in [5.74, 6) is 0.832. The highest BCUT2D eigenvalue weighted by Crippen LogP contribution is 2.14. The first-order valence-electron chi connectivity index (χ1n) is 6.95. The van der Waals surface area contributed by atoms with Crippen LogP contribution in [0.2, 0.25) is 0 Å². The van der Waals surface area contributed by atoms with Gasteiger partial charge in [0.2, 0.25) is 0 Å². The lowest BCUT2D eigenvalue weighted by molar-refractivity contribution is 0.366. The minimum Gasteiger partial charge on any atom is -0.314 e. The van der Waals surface area contributed by atoms with Gasteiger partial charge in [-0.25, -0.2) is 0 Å². The first-order valence-corrected chi connectivity index (χ1v) is 6.95. The fraction of sp³-hybridized carbons (Fsp3) is 1.00. The fourth-order valence-electron chi connectivity index (χ4n) is 1.89. The Kier molecular flexibility index (Phi) is 10.4. The summed E-state index contributed by atoms with van der Waals surface area (Å²) in [6.45, 7) is 10.4. The van der Waals surface area contributed by atoms with Gasteiger partial charge >= 0.3 is 0 Å². The summed E-state index contributed by atoms with van der Waals surface area (Å²) in [5, 5.41) is 3.58. The van der Waals surface area contributed by atoms with Gasteiger partial charge < -0.3 is 5.32 Å². The molecule has 0 rings (SSSR count). The van der Waals surface area contributed by atoms with Crippen LogP contribution in [-0.4, -0.2) is 12.6 Å². The van der Waals surface area contributed by atoms with Crippen LogP contribution in [0, 0.1) is 5.92 Å². The Morgan fingerprint density at radius 3 is 2.13 bits per heavy atom. The maximum atomic E-state index is 3.58. The molecule has 0 heterocycles. The molecule has 2 atom stereocenters. The maximum Gasteiger partial charge on any atom is 0.00643 e. The number of rotatable bonds is 10. The molecule has 0 spiro atoms. The highest BCUT2D eigenvalue weighted by Gasteiger charge is 2.10. The van der Waals surface area contributed by atoms with Gasteiger partial charge in [0.25, 0.3) is 0 Å². The van der Waals surface area contributed by atoms with Crippen LogP contribution in [0.4, 0.5) is 0 Å². The van der Waals surface area contributed by atoms with Gasteiger partial charge in [-0.2, -0.15) is 0 Å². The monoisotopic (exact) mass is 213 g/mol. The molecule has 0 aliphatic carbocycles. The van der Waals surface area contributed by atoms with Crippen molar-refractivity contribution in [3.8, 4) is 0 Å². The van der Waals surface area contributed by atoms with Crippen LogP contribution >= 0.6 is 0 Å². The van der Waals surface area contributed by atoms with E-state index in [2.05, 4.69) is 33.0 Å². The summed E-state index contributed by atoms with van der Waals surface area (Å²) in [7, 11) is 0. The van der Waals surface area contributed by atoms with Crippen LogP contribution in [0.5, 0.6) is 0 Å². The Morgan fingerprint density at radius 1 is 0.867 bits per heavy atom. The second-order valence-electron chi connectivity index (χ2n) is 4.92. The van der Waals surface area contributed by atoms with Gasteiger partial charge in [0, 0.05) is 6.04 Å². The molecule has 0 amide bonds. The van der Waals surface area contributed by atoms with Gasteiger partial charge in [0.05, 0.1) is 0 Å². The molecule has 2 unspecified atom stereocenters. The first kappa shape index (κ1) is 15.0. The van der Waals surface area contributed by atoms with Crippen molar-refractivity contribution in [1.29, 1.82) is 0 Å². The SMILES string of the molecule is CCCCCCCC(C)C(C)NCCC. The number of hydrogen-bond acceptors (Lipinski definition) is 1. The number of nitrogens with one attached hydrogen (secondary N) is 1. The third-order valence-electron chi connectivity index (χ3n) is 3.33. The van der Waals surface area contributed by atoms with E-state index < -0.39 is 0 Å². The lowest BCUT2D eigenvalue weighted by Gasteiger charge is -2.21. The van der Waals surface area contributed by atoms with E-state index in [1.807, 2.05) is 0 Å². The lowest BCUT2D eigenvalue weighted by Crippen LogP contribution is -2.32. The highest BCUT2D eigenvalue weighted by atomic mass is 14.9. The molecular formula is C14H31N. The first-order chi connectivity index (χ1) is 7.22. The Balaban J connectivity index is 3.34. The third kappa shape index (κ3) is 8.92. The molecule has 0 bridgehead atoms. The van der Waals surface area contributed by atoms with Gasteiger partial charge in [-0.05, 0) is 32.2 Å². The summed E-state index contributed by atoms with van der Waals surface area (Å²) in [4.78, 5) is 0. The molecular weight excluding hydrogens is 182 g/mol. The van der Waals surface area contributed by atoms with Crippen molar-refractivity contribution in [2.75, 3.05) is 6.54 Å². The van der Waals surface area contributed by atoms with Crippen molar-refractivity contribution in [1.82, 2.24) is 5.32 Å². The maximum absolute atomic E-state index is 3.58. The van der Waals surface area contributed by atoms with Crippen molar-refractivity contribution in [3.05, 3.63) is 0 Å². The second-order valence-corrected chi connectivity index (χ2v) is 4.92. The summed E-state index contributed by atoms with van der Waals surface area (Å²) in [6.07, 6.45) is 9.68. The van der Waals surface area contributed by atoms with Crippen molar-refractivity contribution in [2.24, 2.45) is 5.92 Å². The van der Waals surface area contributed by atoms with E-state index in [4.69, 9.17) is 0 Å². The summed E-state index contributed by atoms with van der Waals surface area (Å²) in [6, 6.07) is 0.691. The second kappa shape index (κ2) is 10.5. The molecule has 0 radical (unpaired) electrons. The van der Waals surface area contributed by atoms with Gasteiger partial charge in [-0.1, -0.05) is 52.9 Å². The smallest absolute Gasteiger partial charge is 0.00643 e. The van der Waals surface area contributed by atoms with Gasteiger partial charge in [0.15, 0.2) is 0 Å². The van der Waals surface area contributed by atoms with E-state index in [0.717, 1.165) is 5.92 Å². The minimum atomic E-state index is 0.691. The molecule has 0 saturated carbocycles. The summed E-state index contributed by atoms with van der Waals surface area (Å²) < 4.78 is 0. The Morgan fingerprint density at radius 2 is 1.53 bits per heavy atom. The Bertz CT molecular complexity index is 123. The van der Waals surface area contributed by atoms with Crippen molar-refractivity contribution >= 4 is 0 Å². The van der Waals surface area contributed by atoms with E-state index in [-0.39, 0.29) is 0 Å². The Hall–Kier alpha value is -0.0400. The zero-order valence-electron chi connectivity index (χ0n) is 11.3. The normalized spacial score (nSPS) is 15.2. The molecule has 0 aromatic rings. The van der Waals surface area contributed by atoms with E-state index in [1.54, 1.807) is 0 Å². The number of hydrogen-bond donors (Lipinski definition) is 1. The van der Waals surface area contributed by atoms with E-state index in [9.17, 15) is 0 Å². The van der Waals surface area contributed by atoms with Crippen LogP contribution in [0.1, 0.15) is 72.6 Å². The fourth-order valence-corrected chi connectivity index (χ4v) is 1.89. The quantitative estimate of drug-likeness (QED) is 0.531. The van der Waals surface area contributed by atoms with Gasteiger partial charge in [0.1, 0.15) is 0 Å². The van der Waals surface area contributed by atoms with Gasteiger partial charge in [-0.3, -0.25) is 0 Å². The van der Waals surface area contributed by atoms with Crippen LogP contribution in [-0.2, 0) is 0 Å². The van der Waals surface area contributed by atoms with Crippen molar-refractivity contribution in [2.45, 2.75) is 78.7 Å². The lowest BCUT2D eigenvalue weighted by atomic mass is 9.96. The third-order valence-corrected chi connectivity index (χ3v) is 3.33. The topological polar surface area (TPSA) is 12.0 Å². The van der Waals surface area contributed by atoms with Crippen LogP contribution in [0.25, 0.3) is 0 Å². The van der Waals surface area contributed by atoms with Gasteiger partial charge in [-0.15, -0.1) is 0 Å². The molecule has 0 aromatic heterocycles. The predicted molar refractivity (Wildman–Crippen MR) is 70.3 cm³/mol. The molecule has 0 aliphatic heterocycles. The molecule has 0 fully saturated rings. The molecule has 1 N–H and O–H groups in total. The highest BCUT2D eigenvalue weighted by molar-refractivity contribution is 4.68. The van der Waals surface area contributed by atoms with Crippen molar-refractivity contribution < 1.29 is 0 Å². The molecule has 1 nitrogen and oxygen atoms in total. The largest absolute Gasteiger partial charge is 0.314 e. The molecule has 1 heteroatoms. The Labute approximate surface area is 97.0 Å². The van der Waals surface area contributed by atoms with E-state index in [0.29, 0.717) is 6.04 Å². The zero-order chi connectivity index (χ0) is 11.5. The van der Waals surface area contributed by atoms with E-state index >= 15 is 0 Å². The molecule has 0 saturated heterocycles. The molecule has 15 heavy (non-hydrogen) atoms. The molecule has 92 valence electrons. The average molecular weight is 213 g/mol. The molecule has 0 aromatic carbocycles. The summed E-state index contributed by atoms with van der Waals surface area (Å²) >= 11 is 0. The molecule has 0 aliphatic rings. The van der Waals surface area contributed by atoms with Crippen LogP contribution in [0.3, 0.4) is 0 Å². The van der Waals surface area contributed by atoms with Crippen LogP contribution < -0.4 is 5.32 Å². The minimum absolute atomic E-state index is 0.691. The standard InChI is InChI=1S/C14H31N/c1-5-7-8-9-10-11-13(3)14(4)15-12-6-2/h13-15H,5-12H2,1-4H3. The average Bonchev–Trinajstić information content (AvgIpc) is 2.25. The zero-order valence-corrected chi connectivity index (χ0v) is 11.3. The number of unbranched alkanes of at least 4 members (excludes halogenated alkanes) is 4.